The van der Waals surface area contributed by atoms with Crippen LogP contribution in [0, 0.1) is 0 Å². The van der Waals surface area contributed by atoms with Crippen molar-refractivity contribution in [2.24, 2.45) is 0 Å². The molecule has 0 bridgehead atoms. The Kier molecular flexibility index (Phi) is 6.29. The third-order valence-electron chi connectivity index (χ3n) is 6.75. The molecule has 1 amide bonds. The molecular weight excluding hydrogens is 436 g/mol. The van der Waals surface area contributed by atoms with Gasteiger partial charge in [0.1, 0.15) is 5.75 Å². The molecule has 3 aromatic rings. The molecule has 33 heavy (non-hydrogen) atoms. The Morgan fingerprint density at radius 2 is 1.70 bits per heavy atom. The first-order valence-electron chi connectivity index (χ1n) is 11.4. The summed E-state index contributed by atoms with van der Waals surface area (Å²) in [7, 11) is 1.68. The van der Waals surface area contributed by atoms with Crippen molar-refractivity contribution in [2.75, 3.05) is 51.3 Å². The number of carbonyl (C=O) groups is 1. The number of halogens is 1. The van der Waals surface area contributed by atoms with Crippen molar-refractivity contribution in [3.05, 3.63) is 83.1 Å². The number of carbonyl (C=O) groups excluding carboxylic acids is 1. The number of anilines is 1. The van der Waals surface area contributed by atoms with Crippen molar-refractivity contribution in [1.29, 1.82) is 0 Å². The molecule has 1 saturated heterocycles. The summed E-state index contributed by atoms with van der Waals surface area (Å²) in [5, 5.41) is 0.739. The van der Waals surface area contributed by atoms with Gasteiger partial charge >= 0.3 is 0 Å². The third-order valence-corrected chi connectivity index (χ3v) is 7.09. The minimum absolute atomic E-state index is 0.0213. The lowest BCUT2D eigenvalue weighted by Crippen LogP contribution is -2.52. The van der Waals surface area contributed by atoms with E-state index >= 15 is 0 Å². The van der Waals surface area contributed by atoms with E-state index in [0.29, 0.717) is 6.54 Å². The van der Waals surface area contributed by atoms with Gasteiger partial charge in [0.25, 0.3) is 0 Å². The van der Waals surface area contributed by atoms with Gasteiger partial charge in [-0.1, -0.05) is 29.8 Å². The van der Waals surface area contributed by atoms with Gasteiger partial charge in [0.2, 0.25) is 5.91 Å². The van der Waals surface area contributed by atoms with Crippen molar-refractivity contribution in [3.8, 4) is 5.75 Å². The maximum absolute atomic E-state index is 13.3. The summed E-state index contributed by atoms with van der Waals surface area (Å²) < 4.78 is 7.52. The van der Waals surface area contributed by atoms with Crippen LogP contribution in [-0.4, -0.2) is 66.7 Å². The van der Waals surface area contributed by atoms with Gasteiger partial charge < -0.3 is 19.1 Å². The van der Waals surface area contributed by atoms with Crippen molar-refractivity contribution < 1.29 is 9.53 Å². The smallest absolute Gasteiger partial charge is 0.236 e. The summed E-state index contributed by atoms with van der Waals surface area (Å²) in [6, 6.07) is 20.3. The van der Waals surface area contributed by atoms with E-state index in [9.17, 15) is 4.79 Å². The number of benzene rings is 2. The van der Waals surface area contributed by atoms with Gasteiger partial charge in [-0.3, -0.25) is 9.69 Å². The number of hydrogen-bond donors (Lipinski definition) is 0. The van der Waals surface area contributed by atoms with E-state index in [4.69, 9.17) is 16.3 Å². The molecule has 2 aliphatic heterocycles. The Morgan fingerprint density at radius 3 is 2.42 bits per heavy atom. The summed E-state index contributed by atoms with van der Waals surface area (Å²) in [4.78, 5) is 19.9. The first-order valence-corrected chi connectivity index (χ1v) is 11.8. The molecular formula is C26H29ClN4O2. The Morgan fingerprint density at radius 1 is 0.939 bits per heavy atom. The van der Waals surface area contributed by atoms with Crippen LogP contribution in [0.5, 0.6) is 5.75 Å². The zero-order chi connectivity index (χ0) is 22.8. The zero-order valence-electron chi connectivity index (χ0n) is 18.9. The molecule has 1 atom stereocenters. The van der Waals surface area contributed by atoms with E-state index in [2.05, 4.69) is 50.9 Å². The van der Waals surface area contributed by atoms with Crippen LogP contribution in [0.25, 0.3) is 0 Å². The second kappa shape index (κ2) is 9.49. The second-order valence-electron chi connectivity index (χ2n) is 8.59. The normalized spacial score (nSPS) is 18.8. The lowest BCUT2D eigenvalue weighted by Gasteiger charge is -2.40. The number of rotatable bonds is 5. The number of hydrogen-bond acceptors (Lipinski definition) is 4. The summed E-state index contributed by atoms with van der Waals surface area (Å²) in [5.41, 5.74) is 3.40. The predicted molar refractivity (Wildman–Crippen MR) is 131 cm³/mol. The van der Waals surface area contributed by atoms with E-state index in [1.807, 2.05) is 35.2 Å². The highest BCUT2D eigenvalue weighted by molar-refractivity contribution is 6.31. The van der Waals surface area contributed by atoms with Gasteiger partial charge in [-0.25, -0.2) is 0 Å². The molecule has 1 aromatic heterocycles. The number of piperazine rings is 1. The summed E-state index contributed by atoms with van der Waals surface area (Å²) in [6.07, 6.45) is 2.11. The van der Waals surface area contributed by atoms with Crippen LogP contribution < -0.4 is 9.64 Å². The molecule has 5 rings (SSSR count). The molecule has 7 heteroatoms. The monoisotopic (exact) mass is 464 g/mol. The maximum Gasteiger partial charge on any atom is 0.236 e. The van der Waals surface area contributed by atoms with E-state index in [0.717, 1.165) is 55.6 Å². The summed E-state index contributed by atoms with van der Waals surface area (Å²) in [6.45, 7) is 5.20. The van der Waals surface area contributed by atoms with Crippen LogP contribution >= 0.6 is 11.6 Å². The van der Waals surface area contributed by atoms with Crippen LogP contribution in [0.4, 0.5) is 5.69 Å². The molecule has 3 heterocycles. The molecule has 6 nitrogen and oxygen atoms in total. The van der Waals surface area contributed by atoms with Crippen LogP contribution in [0.15, 0.2) is 66.9 Å². The SMILES string of the molecule is COc1ccc(N2CCN(C(=O)CN3CCn4cccc4C3c3ccccc3Cl)CC2)cc1. The third kappa shape index (κ3) is 4.45. The largest absolute Gasteiger partial charge is 0.497 e. The fourth-order valence-corrected chi connectivity index (χ4v) is 5.17. The standard InChI is InChI=1S/C26H29ClN4O2/c1-33-21-10-8-20(9-11-21)28-13-16-30(17-14-28)25(32)19-31-18-15-29-12-4-7-24(29)26(31)22-5-2-3-6-23(22)27/h2-12,26H,13-19H2,1H3. The molecule has 0 aliphatic carbocycles. The average molecular weight is 465 g/mol. The predicted octanol–water partition coefficient (Wildman–Crippen LogP) is 3.90. The van der Waals surface area contributed by atoms with Crippen molar-refractivity contribution in [1.82, 2.24) is 14.4 Å². The summed E-state index contributed by atoms with van der Waals surface area (Å²) >= 11 is 6.59. The van der Waals surface area contributed by atoms with Crippen LogP contribution in [0.1, 0.15) is 17.3 Å². The molecule has 2 aliphatic rings. The fraction of sp³-hybridized carbons (Fsp3) is 0.346. The van der Waals surface area contributed by atoms with E-state index in [1.165, 1.54) is 11.4 Å². The molecule has 1 unspecified atom stereocenters. The highest BCUT2D eigenvalue weighted by atomic mass is 35.5. The number of nitrogens with zero attached hydrogens (tertiary/aromatic N) is 4. The Labute approximate surface area is 199 Å². The highest BCUT2D eigenvalue weighted by Crippen LogP contribution is 2.36. The molecule has 1 fully saturated rings. The van der Waals surface area contributed by atoms with Crippen LogP contribution in [-0.2, 0) is 11.3 Å². The highest BCUT2D eigenvalue weighted by Gasteiger charge is 2.33. The van der Waals surface area contributed by atoms with Gasteiger partial charge in [0, 0.05) is 61.9 Å². The lowest BCUT2D eigenvalue weighted by molar-refractivity contribution is -0.133. The van der Waals surface area contributed by atoms with Crippen molar-refractivity contribution in [2.45, 2.75) is 12.6 Å². The van der Waals surface area contributed by atoms with Crippen LogP contribution in [0.3, 0.4) is 0 Å². The number of ether oxygens (including phenoxy) is 1. The Hall–Kier alpha value is -2.96. The second-order valence-corrected chi connectivity index (χ2v) is 8.99. The molecule has 0 spiro atoms. The van der Waals surface area contributed by atoms with Crippen molar-refractivity contribution in [3.63, 3.8) is 0 Å². The van der Waals surface area contributed by atoms with Gasteiger partial charge in [0.15, 0.2) is 0 Å². The minimum atomic E-state index is -0.0213. The topological polar surface area (TPSA) is 41.0 Å². The first kappa shape index (κ1) is 21.9. The first-order chi connectivity index (χ1) is 16.1. The van der Waals surface area contributed by atoms with Gasteiger partial charge in [-0.15, -0.1) is 0 Å². The maximum atomic E-state index is 13.3. The van der Waals surface area contributed by atoms with Gasteiger partial charge in [-0.2, -0.15) is 0 Å². The van der Waals surface area contributed by atoms with E-state index in [1.54, 1.807) is 7.11 Å². The van der Waals surface area contributed by atoms with E-state index in [-0.39, 0.29) is 11.9 Å². The number of amides is 1. The number of fused-ring (bicyclic) bond motifs is 1. The van der Waals surface area contributed by atoms with Gasteiger partial charge in [0.05, 0.1) is 19.7 Å². The van der Waals surface area contributed by atoms with E-state index < -0.39 is 0 Å². The quantitative estimate of drug-likeness (QED) is 0.574. The minimum Gasteiger partial charge on any atom is -0.497 e. The number of methoxy groups -OCH3 is 1. The van der Waals surface area contributed by atoms with Crippen LogP contribution in [0.2, 0.25) is 5.02 Å². The molecule has 0 N–H and O–H groups in total. The Balaban J connectivity index is 1.27. The average Bonchev–Trinajstić information content (AvgIpc) is 3.34. The number of aromatic nitrogens is 1. The molecule has 0 radical (unpaired) electrons. The zero-order valence-corrected chi connectivity index (χ0v) is 19.6. The molecule has 2 aromatic carbocycles. The molecule has 172 valence electrons. The molecule has 0 saturated carbocycles. The lowest BCUT2D eigenvalue weighted by atomic mass is 9.99. The van der Waals surface area contributed by atoms with Gasteiger partial charge in [-0.05, 0) is 48.0 Å². The van der Waals surface area contributed by atoms with Crippen molar-refractivity contribution >= 4 is 23.2 Å². The summed E-state index contributed by atoms with van der Waals surface area (Å²) in [5.74, 6) is 1.04. The fourth-order valence-electron chi connectivity index (χ4n) is 4.94. The Bertz CT molecular complexity index is 1110.